The minimum atomic E-state index is -1.59. The largest absolute Gasteiger partial charge is 0.390 e. The highest BCUT2D eigenvalue weighted by molar-refractivity contribution is 5.95. The fraction of sp³-hybridized carbons (Fsp3) is 0.778. The number of allylic oxidation sites excluding steroid dienone is 3. The van der Waals surface area contributed by atoms with Gasteiger partial charge in [-0.2, -0.15) is 0 Å². The van der Waals surface area contributed by atoms with E-state index < -0.39 is 28.1 Å². The van der Waals surface area contributed by atoms with E-state index in [0.717, 1.165) is 24.8 Å². The van der Waals surface area contributed by atoms with E-state index in [9.17, 15) is 24.9 Å². The molecule has 0 aromatic heterocycles. The molecular weight excluding hydrogens is 404 g/mol. The molecule has 2 saturated carbocycles. The normalized spacial score (nSPS) is 43.1. The quantitative estimate of drug-likeness (QED) is 0.559. The van der Waals surface area contributed by atoms with Gasteiger partial charge in [-0.1, -0.05) is 26.0 Å². The number of ketones is 2. The molecule has 0 aliphatic heterocycles. The van der Waals surface area contributed by atoms with Crippen molar-refractivity contribution >= 4 is 11.6 Å². The van der Waals surface area contributed by atoms with Crippen LogP contribution in [0.1, 0.15) is 86.0 Å². The molecule has 0 saturated heterocycles. The van der Waals surface area contributed by atoms with Gasteiger partial charge in [-0.3, -0.25) is 9.59 Å². The number of hydrogen-bond donors (Lipinski definition) is 3. The lowest BCUT2D eigenvalue weighted by atomic mass is 9.46. The summed E-state index contributed by atoms with van der Waals surface area (Å²) in [4.78, 5) is 26.2. The van der Waals surface area contributed by atoms with Crippen molar-refractivity contribution in [2.45, 2.75) is 103 Å². The van der Waals surface area contributed by atoms with Crippen LogP contribution in [0.3, 0.4) is 0 Å². The van der Waals surface area contributed by atoms with Crippen LogP contribution in [0, 0.1) is 28.6 Å². The van der Waals surface area contributed by atoms with Gasteiger partial charge in [0.2, 0.25) is 0 Å². The first kappa shape index (κ1) is 23.8. The summed E-state index contributed by atoms with van der Waals surface area (Å²) in [6.45, 7) is 9.10. The van der Waals surface area contributed by atoms with Gasteiger partial charge in [0.05, 0.1) is 11.2 Å². The van der Waals surface area contributed by atoms with Crippen molar-refractivity contribution in [3.8, 4) is 0 Å². The Morgan fingerprint density at radius 2 is 1.78 bits per heavy atom. The molecule has 7 atom stereocenters. The monoisotopic (exact) mass is 444 g/mol. The van der Waals surface area contributed by atoms with Gasteiger partial charge in [0.15, 0.2) is 11.6 Å². The van der Waals surface area contributed by atoms with Gasteiger partial charge in [0.25, 0.3) is 0 Å². The lowest BCUT2D eigenvalue weighted by Crippen LogP contribution is -2.61. The van der Waals surface area contributed by atoms with E-state index in [0.29, 0.717) is 19.3 Å². The highest BCUT2D eigenvalue weighted by Crippen LogP contribution is 2.68. The number of hydrogen-bond acceptors (Lipinski definition) is 5. The maximum Gasteiger partial charge on any atom is 0.164 e. The summed E-state index contributed by atoms with van der Waals surface area (Å²) < 4.78 is 0. The summed E-state index contributed by atoms with van der Waals surface area (Å²) in [7, 11) is 0. The van der Waals surface area contributed by atoms with Gasteiger partial charge in [-0.05, 0) is 88.7 Å². The molecule has 5 unspecified atom stereocenters. The van der Waals surface area contributed by atoms with Crippen LogP contribution in [-0.4, -0.2) is 43.7 Å². The molecule has 2 fully saturated rings. The first-order chi connectivity index (χ1) is 14.7. The van der Waals surface area contributed by atoms with Crippen LogP contribution in [-0.2, 0) is 9.59 Å². The molecule has 0 aromatic rings. The molecule has 0 aromatic carbocycles. The summed E-state index contributed by atoms with van der Waals surface area (Å²) in [6.07, 6.45) is 10.5. The second-order valence-corrected chi connectivity index (χ2v) is 12.3. The Morgan fingerprint density at radius 1 is 1.09 bits per heavy atom. The second-order valence-electron chi connectivity index (χ2n) is 12.3. The van der Waals surface area contributed by atoms with Crippen LogP contribution in [0.15, 0.2) is 23.8 Å². The van der Waals surface area contributed by atoms with Crippen molar-refractivity contribution in [3.05, 3.63) is 23.8 Å². The predicted octanol–water partition coefficient (Wildman–Crippen LogP) is 3.90. The minimum absolute atomic E-state index is 0.0297. The summed E-state index contributed by atoms with van der Waals surface area (Å²) in [6, 6.07) is 0. The Bertz CT molecular complexity index is 877. The Hall–Kier alpha value is -1.30. The van der Waals surface area contributed by atoms with Gasteiger partial charge < -0.3 is 15.3 Å². The zero-order valence-electron chi connectivity index (χ0n) is 20.3. The third kappa shape index (κ3) is 3.30. The number of Topliss-reactive ketones (excluding diaryl/α,β-unsaturated/α-hetero) is 1. The minimum Gasteiger partial charge on any atom is -0.390 e. The van der Waals surface area contributed by atoms with Gasteiger partial charge in [-0.25, -0.2) is 0 Å². The molecule has 4 rings (SSSR count). The third-order valence-corrected chi connectivity index (χ3v) is 9.85. The van der Waals surface area contributed by atoms with Gasteiger partial charge in [-0.15, -0.1) is 0 Å². The van der Waals surface area contributed by atoms with Crippen LogP contribution in [0.5, 0.6) is 0 Å². The molecule has 178 valence electrons. The summed E-state index contributed by atoms with van der Waals surface area (Å²) >= 11 is 0. The maximum atomic E-state index is 13.1. The fourth-order valence-corrected chi connectivity index (χ4v) is 7.72. The van der Waals surface area contributed by atoms with Gasteiger partial charge >= 0.3 is 0 Å². The van der Waals surface area contributed by atoms with Crippen molar-refractivity contribution in [1.29, 1.82) is 0 Å². The molecular formula is C27H40O5. The fourth-order valence-electron chi connectivity index (χ4n) is 7.72. The molecule has 0 radical (unpaired) electrons. The molecule has 32 heavy (non-hydrogen) atoms. The van der Waals surface area contributed by atoms with E-state index in [-0.39, 0.29) is 41.7 Å². The average molecular weight is 445 g/mol. The lowest BCUT2D eigenvalue weighted by Gasteiger charge is -2.59. The van der Waals surface area contributed by atoms with Crippen molar-refractivity contribution in [1.82, 2.24) is 0 Å². The summed E-state index contributed by atoms with van der Waals surface area (Å²) in [5.41, 5.74) is -3.78. The SMILES string of the molecule is CC(C)(O)CCC(=O)[C@](C)(O)C1CC[C@@]2(O)C3=CC(=O)C4CC=CCC4(C)C3CCC12C. The van der Waals surface area contributed by atoms with Crippen molar-refractivity contribution in [2.24, 2.45) is 28.6 Å². The highest BCUT2D eigenvalue weighted by atomic mass is 16.3. The first-order valence-electron chi connectivity index (χ1n) is 12.3. The topological polar surface area (TPSA) is 94.8 Å². The Labute approximate surface area is 192 Å². The van der Waals surface area contributed by atoms with Crippen LogP contribution < -0.4 is 0 Å². The molecule has 3 N–H and O–H groups in total. The second kappa shape index (κ2) is 7.35. The van der Waals surface area contributed by atoms with Crippen LogP contribution in [0.25, 0.3) is 0 Å². The summed E-state index contributed by atoms with van der Waals surface area (Å²) in [5.74, 6) is -0.462. The number of carbonyl (C=O) groups excluding carboxylic acids is 2. The Morgan fingerprint density at radius 3 is 2.44 bits per heavy atom. The molecule has 5 nitrogen and oxygen atoms in total. The van der Waals surface area contributed by atoms with E-state index >= 15 is 0 Å². The molecule has 0 spiro atoms. The van der Waals surface area contributed by atoms with Crippen LogP contribution in [0.2, 0.25) is 0 Å². The van der Waals surface area contributed by atoms with E-state index in [2.05, 4.69) is 19.1 Å². The molecule has 0 heterocycles. The average Bonchev–Trinajstić information content (AvgIpc) is 2.98. The molecule has 4 aliphatic carbocycles. The van der Waals surface area contributed by atoms with E-state index in [4.69, 9.17) is 0 Å². The zero-order chi connectivity index (χ0) is 23.7. The zero-order valence-corrected chi connectivity index (χ0v) is 20.3. The van der Waals surface area contributed by atoms with Crippen LogP contribution in [0.4, 0.5) is 0 Å². The molecule has 0 amide bonds. The first-order valence-corrected chi connectivity index (χ1v) is 12.3. The van der Waals surface area contributed by atoms with Gasteiger partial charge in [0.1, 0.15) is 5.60 Å². The maximum absolute atomic E-state index is 13.1. The molecule has 0 bridgehead atoms. The highest BCUT2D eigenvalue weighted by Gasteiger charge is 2.68. The smallest absolute Gasteiger partial charge is 0.164 e. The van der Waals surface area contributed by atoms with Crippen molar-refractivity contribution in [2.75, 3.05) is 0 Å². The number of rotatable bonds is 5. The Balaban J connectivity index is 1.67. The molecule has 4 aliphatic rings. The van der Waals surface area contributed by atoms with E-state index in [1.165, 1.54) is 0 Å². The van der Waals surface area contributed by atoms with E-state index in [1.807, 2.05) is 6.92 Å². The third-order valence-electron chi connectivity index (χ3n) is 9.85. The standard InChI is InChI=1S/C27H40O5/c1-23(2,30)13-11-22(29)26(5,31)21-10-15-27(32)19-16-20(28)18-8-6-7-12-24(18,3)17(19)9-14-25(21,27)4/h6-7,16-18,21,30-32H,8-15H2,1-5H3/t17?,18?,21?,24?,25?,26-,27-/m1/s1. The number of carbonyl (C=O) groups is 2. The van der Waals surface area contributed by atoms with Crippen LogP contribution >= 0.6 is 0 Å². The predicted molar refractivity (Wildman–Crippen MR) is 123 cm³/mol. The van der Waals surface area contributed by atoms with Crippen molar-refractivity contribution in [3.63, 3.8) is 0 Å². The van der Waals surface area contributed by atoms with Gasteiger partial charge in [0, 0.05) is 23.7 Å². The Kier molecular flexibility index (Phi) is 5.48. The number of aliphatic hydroxyl groups is 3. The molecule has 5 heteroatoms. The van der Waals surface area contributed by atoms with E-state index in [1.54, 1.807) is 26.8 Å². The summed E-state index contributed by atoms with van der Waals surface area (Å²) in [5, 5.41) is 33.6. The number of fused-ring (bicyclic) bond motifs is 5. The lowest BCUT2D eigenvalue weighted by molar-refractivity contribution is -0.161. The van der Waals surface area contributed by atoms with Crippen molar-refractivity contribution < 1.29 is 24.9 Å².